The minimum atomic E-state index is -4.31. The Bertz CT molecular complexity index is 387. The number of hydrogen-bond acceptors (Lipinski definition) is 2. The third-order valence-electron chi connectivity index (χ3n) is 2.85. The van der Waals surface area contributed by atoms with Gasteiger partial charge in [0, 0.05) is 12.6 Å². The fourth-order valence-corrected chi connectivity index (χ4v) is 1.81. The lowest BCUT2D eigenvalue weighted by Crippen LogP contribution is -2.35. The first-order valence-corrected chi connectivity index (χ1v) is 6.90. The van der Waals surface area contributed by atoms with Crippen LogP contribution in [0.25, 0.3) is 0 Å². The van der Waals surface area contributed by atoms with E-state index in [1.807, 2.05) is 13.8 Å². The van der Waals surface area contributed by atoms with E-state index < -0.39 is 11.7 Å². The molecule has 0 radical (unpaired) electrons. The molecule has 0 aliphatic rings. The lowest BCUT2D eigenvalue weighted by atomic mass is 10.2. The van der Waals surface area contributed by atoms with Crippen LogP contribution in [0.4, 0.5) is 13.2 Å². The van der Waals surface area contributed by atoms with Crippen molar-refractivity contribution in [3.8, 4) is 5.75 Å². The maximum Gasteiger partial charge on any atom is 0.416 e. The van der Waals surface area contributed by atoms with Crippen molar-refractivity contribution in [1.29, 1.82) is 0 Å². The SMILES string of the molecule is CCCC(CNC(C)C)Oc1ccc(C(F)(F)F)cc1. The van der Waals surface area contributed by atoms with E-state index in [-0.39, 0.29) is 6.10 Å². The molecule has 0 saturated carbocycles. The maximum atomic E-state index is 12.5. The van der Waals surface area contributed by atoms with Crippen molar-refractivity contribution in [2.24, 2.45) is 0 Å². The van der Waals surface area contributed by atoms with Crippen molar-refractivity contribution in [3.05, 3.63) is 29.8 Å². The number of rotatable bonds is 7. The molecule has 0 bridgehead atoms. The summed E-state index contributed by atoms with van der Waals surface area (Å²) in [5, 5.41) is 3.28. The molecular weight excluding hydrogens is 267 g/mol. The van der Waals surface area contributed by atoms with Gasteiger partial charge >= 0.3 is 6.18 Å². The summed E-state index contributed by atoms with van der Waals surface area (Å²) in [5.74, 6) is 0.474. The summed E-state index contributed by atoms with van der Waals surface area (Å²) in [6, 6.07) is 5.20. The van der Waals surface area contributed by atoms with Crippen LogP contribution in [0.3, 0.4) is 0 Å². The topological polar surface area (TPSA) is 21.3 Å². The van der Waals surface area contributed by atoms with Crippen LogP contribution in [0, 0.1) is 0 Å². The lowest BCUT2D eigenvalue weighted by molar-refractivity contribution is -0.137. The first-order valence-electron chi connectivity index (χ1n) is 6.90. The van der Waals surface area contributed by atoms with Gasteiger partial charge in [0.05, 0.1) is 5.56 Å². The van der Waals surface area contributed by atoms with Gasteiger partial charge in [-0.15, -0.1) is 0 Å². The largest absolute Gasteiger partial charge is 0.489 e. The standard InChI is InChI=1S/C15H22F3NO/c1-4-5-14(10-19-11(2)3)20-13-8-6-12(7-9-13)15(16,17)18/h6-9,11,14,19H,4-5,10H2,1-3H3. The molecule has 1 atom stereocenters. The van der Waals surface area contributed by atoms with E-state index in [4.69, 9.17) is 4.74 Å². The molecule has 114 valence electrons. The van der Waals surface area contributed by atoms with Crippen LogP contribution >= 0.6 is 0 Å². The lowest BCUT2D eigenvalue weighted by Gasteiger charge is -2.21. The molecular formula is C15H22F3NO. The number of nitrogens with one attached hydrogen (secondary N) is 1. The second-order valence-corrected chi connectivity index (χ2v) is 5.11. The Morgan fingerprint density at radius 1 is 1.15 bits per heavy atom. The molecule has 1 unspecified atom stereocenters. The Balaban J connectivity index is 2.64. The highest BCUT2D eigenvalue weighted by atomic mass is 19.4. The zero-order chi connectivity index (χ0) is 15.2. The molecule has 2 nitrogen and oxygen atoms in total. The highest BCUT2D eigenvalue weighted by Gasteiger charge is 2.30. The monoisotopic (exact) mass is 289 g/mol. The molecule has 1 aromatic carbocycles. The Hall–Kier alpha value is -1.23. The predicted octanol–water partition coefficient (Wildman–Crippen LogP) is 4.25. The Labute approximate surface area is 118 Å². The number of ether oxygens (including phenoxy) is 1. The van der Waals surface area contributed by atoms with E-state index in [9.17, 15) is 13.2 Å². The van der Waals surface area contributed by atoms with Gasteiger partial charge in [0.2, 0.25) is 0 Å². The summed E-state index contributed by atoms with van der Waals surface area (Å²) in [7, 11) is 0. The smallest absolute Gasteiger partial charge is 0.416 e. The maximum absolute atomic E-state index is 12.5. The Morgan fingerprint density at radius 3 is 2.20 bits per heavy atom. The molecule has 0 aromatic heterocycles. The minimum absolute atomic E-state index is 0.0286. The van der Waals surface area contributed by atoms with Gasteiger partial charge in [-0.25, -0.2) is 0 Å². The van der Waals surface area contributed by atoms with Gasteiger partial charge in [-0.1, -0.05) is 27.2 Å². The van der Waals surface area contributed by atoms with Crippen LogP contribution in [0.15, 0.2) is 24.3 Å². The van der Waals surface area contributed by atoms with Crippen LogP contribution in [0.1, 0.15) is 39.2 Å². The molecule has 0 saturated heterocycles. The van der Waals surface area contributed by atoms with Gasteiger partial charge in [0.25, 0.3) is 0 Å². The fraction of sp³-hybridized carbons (Fsp3) is 0.600. The molecule has 0 aliphatic heterocycles. The van der Waals surface area contributed by atoms with Crippen molar-refractivity contribution in [2.45, 2.75) is 51.9 Å². The number of halogens is 3. The molecule has 1 N–H and O–H groups in total. The summed E-state index contributed by atoms with van der Waals surface area (Å²) < 4.78 is 43.1. The summed E-state index contributed by atoms with van der Waals surface area (Å²) >= 11 is 0. The van der Waals surface area contributed by atoms with Crippen molar-refractivity contribution in [1.82, 2.24) is 5.32 Å². The van der Waals surface area contributed by atoms with E-state index in [0.29, 0.717) is 18.3 Å². The summed E-state index contributed by atoms with van der Waals surface area (Å²) in [6.45, 7) is 6.83. The van der Waals surface area contributed by atoms with E-state index in [1.54, 1.807) is 0 Å². The van der Waals surface area contributed by atoms with Crippen LogP contribution in [0.5, 0.6) is 5.75 Å². The fourth-order valence-electron chi connectivity index (χ4n) is 1.81. The third kappa shape index (κ3) is 5.82. The average Bonchev–Trinajstić information content (AvgIpc) is 2.36. The Morgan fingerprint density at radius 2 is 1.75 bits per heavy atom. The summed E-state index contributed by atoms with van der Waals surface area (Å²) in [4.78, 5) is 0. The predicted molar refractivity (Wildman–Crippen MR) is 73.9 cm³/mol. The highest BCUT2D eigenvalue weighted by molar-refractivity contribution is 5.29. The molecule has 0 aliphatic carbocycles. The van der Waals surface area contributed by atoms with E-state index in [1.165, 1.54) is 12.1 Å². The number of alkyl halides is 3. The van der Waals surface area contributed by atoms with Crippen LogP contribution < -0.4 is 10.1 Å². The van der Waals surface area contributed by atoms with Crippen molar-refractivity contribution < 1.29 is 17.9 Å². The van der Waals surface area contributed by atoms with Gasteiger partial charge in [-0.3, -0.25) is 0 Å². The van der Waals surface area contributed by atoms with E-state index in [0.717, 1.165) is 25.0 Å². The molecule has 20 heavy (non-hydrogen) atoms. The van der Waals surface area contributed by atoms with Gasteiger partial charge in [-0.2, -0.15) is 13.2 Å². The molecule has 0 spiro atoms. The molecule has 1 rings (SSSR count). The molecule has 1 aromatic rings. The van der Waals surface area contributed by atoms with E-state index >= 15 is 0 Å². The molecule has 5 heteroatoms. The second kappa shape index (κ2) is 7.53. The van der Waals surface area contributed by atoms with Crippen molar-refractivity contribution in [3.63, 3.8) is 0 Å². The minimum Gasteiger partial charge on any atom is -0.489 e. The third-order valence-corrected chi connectivity index (χ3v) is 2.85. The molecule has 0 fully saturated rings. The summed E-state index contributed by atoms with van der Waals surface area (Å²) in [5.41, 5.74) is -0.655. The summed E-state index contributed by atoms with van der Waals surface area (Å²) in [6.07, 6.45) is -2.51. The molecule has 0 heterocycles. The van der Waals surface area contributed by atoms with Gasteiger partial charge in [0.15, 0.2) is 0 Å². The highest BCUT2D eigenvalue weighted by Crippen LogP contribution is 2.30. The second-order valence-electron chi connectivity index (χ2n) is 5.11. The van der Waals surface area contributed by atoms with Crippen LogP contribution in [0.2, 0.25) is 0 Å². The first kappa shape index (κ1) is 16.8. The van der Waals surface area contributed by atoms with E-state index in [2.05, 4.69) is 12.2 Å². The molecule has 0 amide bonds. The average molecular weight is 289 g/mol. The zero-order valence-corrected chi connectivity index (χ0v) is 12.1. The van der Waals surface area contributed by atoms with Gasteiger partial charge in [0.1, 0.15) is 11.9 Å². The van der Waals surface area contributed by atoms with Gasteiger partial charge in [-0.05, 0) is 30.7 Å². The number of hydrogen-bond donors (Lipinski definition) is 1. The van der Waals surface area contributed by atoms with Crippen LogP contribution in [-0.4, -0.2) is 18.7 Å². The van der Waals surface area contributed by atoms with Crippen LogP contribution in [-0.2, 0) is 6.18 Å². The number of benzene rings is 1. The van der Waals surface area contributed by atoms with Crippen molar-refractivity contribution in [2.75, 3.05) is 6.54 Å². The first-order chi connectivity index (χ1) is 9.32. The van der Waals surface area contributed by atoms with Gasteiger partial charge < -0.3 is 10.1 Å². The quantitative estimate of drug-likeness (QED) is 0.810. The normalized spacial score (nSPS) is 13.6. The Kier molecular flexibility index (Phi) is 6.33. The van der Waals surface area contributed by atoms with Crippen molar-refractivity contribution >= 4 is 0 Å². The zero-order valence-electron chi connectivity index (χ0n) is 12.1.